The van der Waals surface area contributed by atoms with E-state index in [2.05, 4.69) is 15.4 Å². The molecule has 4 N–H and O–H groups in total. The van der Waals surface area contributed by atoms with Gasteiger partial charge in [0.1, 0.15) is 17.9 Å². The number of ether oxygens (including phenoxy) is 2. The Morgan fingerprint density at radius 1 is 1.00 bits per heavy atom. The molecule has 3 amide bonds. The molecule has 0 saturated carbocycles. The van der Waals surface area contributed by atoms with Crippen molar-refractivity contribution in [3.05, 3.63) is 71.3 Å². The van der Waals surface area contributed by atoms with Gasteiger partial charge in [-0.15, -0.1) is 13.2 Å². The fourth-order valence-corrected chi connectivity index (χ4v) is 4.58. The third-order valence-corrected chi connectivity index (χ3v) is 6.47. The van der Waals surface area contributed by atoms with Crippen molar-refractivity contribution >= 4 is 23.6 Å². The first kappa shape index (κ1) is 27.9. The number of anilines is 1. The van der Waals surface area contributed by atoms with E-state index in [0.29, 0.717) is 0 Å². The molecule has 0 fully saturated rings. The molecule has 13 heteroatoms. The van der Waals surface area contributed by atoms with Gasteiger partial charge in [0.25, 0.3) is 5.91 Å². The van der Waals surface area contributed by atoms with E-state index in [9.17, 15) is 37.8 Å². The minimum atomic E-state index is -4.86. The SMILES string of the molecule is COC(=O)[C@@H]1Cc2ccccc2CN1C(=O)C1=C[C@@H](NC(=O)Nc2ccc(OC(F)(F)F)cc2)[C@@H](O)[C@H](O)C1. The summed E-state index contributed by atoms with van der Waals surface area (Å²) in [5, 5.41) is 25.7. The van der Waals surface area contributed by atoms with Gasteiger partial charge < -0.3 is 35.2 Å². The molecule has 0 unspecified atom stereocenters. The second-order valence-electron chi connectivity index (χ2n) is 9.10. The molecular weight excluding hydrogens is 523 g/mol. The van der Waals surface area contributed by atoms with Crippen LogP contribution in [0.4, 0.5) is 23.7 Å². The molecule has 2 aromatic rings. The molecule has 0 saturated heterocycles. The van der Waals surface area contributed by atoms with Crippen molar-refractivity contribution in [2.24, 2.45) is 0 Å². The fourth-order valence-electron chi connectivity index (χ4n) is 4.58. The second kappa shape index (κ2) is 11.3. The number of urea groups is 1. The predicted molar refractivity (Wildman–Crippen MR) is 130 cm³/mol. The zero-order valence-electron chi connectivity index (χ0n) is 20.6. The minimum absolute atomic E-state index is 0.0834. The van der Waals surface area contributed by atoms with Crippen LogP contribution in [-0.2, 0) is 27.3 Å². The highest BCUT2D eigenvalue weighted by Gasteiger charge is 2.40. The van der Waals surface area contributed by atoms with Gasteiger partial charge in [-0.3, -0.25) is 4.79 Å². The van der Waals surface area contributed by atoms with Gasteiger partial charge in [-0.1, -0.05) is 30.3 Å². The molecular formula is C26H26F3N3O7. The number of hydrogen-bond acceptors (Lipinski definition) is 7. The Labute approximate surface area is 221 Å². The first-order valence-electron chi connectivity index (χ1n) is 11.9. The molecule has 1 aliphatic heterocycles. The van der Waals surface area contributed by atoms with E-state index in [1.807, 2.05) is 24.3 Å². The standard InChI is InChI=1S/C26H26F3N3O7/c1-38-24(36)20-11-14-4-2-3-5-15(14)13-32(20)23(35)16-10-19(22(34)21(33)12-16)31-25(37)30-17-6-8-18(9-7-17)39-26(27,28)29/h2-10,19-22,33-34H,11-13H2,1H3,(H2,30,31,37)/t19-,20+,21-,22-/m1/s1. The molecule has 10 nitrogen and oxygen atoms in total. The maximum absolute atomic E-state index is 13.5. The maximum atomic E-state index is 13.5. The lowest BCUT2D eigenvalue weighted by Gasteiger charge is -2.38. The van der Waals surface area contributed by atoms with E-state index in [4.69, 9.17) is 4.74 Å². The summed E-state index contributed by atoms with van der Waals surface area (Å²) in [7, 11) is 1.22. The number of rotatable bonds is 5. The van der Waals surface area contributed by atoms with Gasteiger partial charge in [0, 0.05) is 30.6 Å². The van der Waals surface area contributed by atoms with E-state index in [-0.39, 0.29) is 30.6 Å². The first-order chi connectivity index (χ1) is 18.4. The van der Waals surface area contributed by atoms with Gasteiger partial charge in [0.05, 0.1) is 19.3 Å². The molecule has 1 aliphatic carbocycles. The van der Waals surface area contributed by atoms with Crippen LogP contribution < -0.4 is 15.4 Å². The topological polar surface area (TPSA) is 137 Å². The van der Waals surface area contributed by atoms with Crippen molar-refractivity contribution in [2.75, 3.05) is 12.4 Å². The average molecular weight is 550 g/mol. The van der Waals surface area contributed by atoms with Gasteiger partial charge >= 0.3 is 18.4 Å². The maximum Gasteiger partial charge on any atom is 0.573 e. The number of nitrogens with zero attached hydrogens (tertiary/aromatic N) is 1. The van der Waals surface area contributed by atoms with Crippen LogP contribution >= 0.6 is 0 Å². The number of esters is 1. The summed E-state index contributed by atoms with van der Waals surface area (Å²) < 4.78 is 45.7. The molecule has 0 aromatic heterocycles. The summed E-state index contributed by atoms with van der Waals surface area (Å²) in [6, 6.07) is 8.79. The molecule has 1 heterocycles. The van der Waals surface area contributed by atoms with Crippen LogP contribution in [0.2, 0.25) is 0 Å². The lowest BCUT2D eigenvalue weighted by atomic mass is 9.88. The number of amides is 3. The van der Waals surface area contributed by atoms with Crippen molar-refractivity contribution in [3.63, 3.8) is 0 Å². The van der Waals surface area contributed by atoms with Crippen LogP contribution in [0, 0.1) is 0 Å². The summed E-state index contributed by atoms with van der Waals surface area (Å²) in [6.07, 6.45) is -6.37. The van der Waals surface area contributed by atoms with Crippen molar-refractivity contribution in [1.82, 2.24) is 10.2 Å². The van der Waals surface area contributed by atoms with Crippen molar-refractivity contribution in [1.29, 1.82) is 0 Å². The number of carbonyl (C=O) groups is 3. The lowest BCUT2D eigenvalue weighted by Crippen LogP contribution is -2.54. The molecule has 4 rings (SSSR count). The molecule has 2 aromatic carbocycles. The van der Waals surface area contributed by atoms with Crippen molar-refractivity contribution in [3.8, 4) is 5.75 Å². The van der Waals surface area contributed by atoms with E-state index in [1.165, 1.54) is 30.2 Å². The summed E-state index contributed by atoms with van der Waals surface area (Å²) in [6.45, 7) is 0.122. The van der Waals surface area contributed by atoms with Gasteiger partial charge in [0.15, 0.2) is 0 Å². The molecule has 0 bridgehead atoms. The van der Waals surface area contributed by atoms with Crippen LogP contribution in [0.25, 0.3) is 0 Å². The Hall–Kier alpha value is -4.10. The largest absolute Gasteiger partial charge is 0.573 e. The highest BCUT2D eigenvalue weighted by Crippen LogP contribution is 2.29. The quantitative estimate of drug-likeness (QED) is 0.420. The second-order valence-corrected chi connectivity index (χ2v) is 9.10. The van der Waals surface area contributed by atoms with E-state index < -0.39 is 54.3 Å². The number of nitrogens with one attached hydrogen (secondary N) is 2. The van der Waals surface area contributed by atoms with E-state index in [1.54, 1.807) is 0 Å². The Morgan fingerprint density at radius 3 is 2.31 bits per heavy atom. The zero-order valence-corrected chi connectivity index (χ0v) is 20.6. The molecule has 4 atom stereocenters. The van der Waals surface area contributed by atoms with Gasteiger partial charge in [-0.05, 0) is 35.4 Å². The fraction of sp³-hybridized carbons (Fsp3) is 0.346. The number of fused-ring (bicyclic) bond motifs is 1. The number of alkyl halides is 3. The lowest BCUT2D eigenvalue weighted by molar-refractivity contribution is -0.274. The number of hydrogen-bond donors (Lipinski definition) is 4. The third-order valence-electron chi connectivity index (χ3n) is 6.47. The molecule has 2 aliphatic rings. The van der Waals surface area contributed by atoms with Crippen LogP contribution in [-0.4, -0.2) is 70.8 Å². The summed E-state index contributed by atoms with van der Waals surface area (Å²) in [5.74, 6) is -1.63. The number of aliphatic hydroxyl groups excluding tert-OH is 2. The van der Waals surface area contributed by atoms with Crippen LogP contribution in [0.5, 0.6) is 5.75 Å². The van der Waals surface area contributed by atoms with Gasteiger partial charge in [-0.2, -0.15) is 0 Å². The third kappa shape index (κ3) is 6.67. The number of carbonyl (C=O) groups excluding carboxylic acids is 3. The summed E-state index contributed by atoms with van der Waals surface area (Å²) in [5.41, 5.74) is 1.96. The predicted octanol–water partition coefficient (Wildman–Crippen LogP) is 2.25. The minimum Gasteiger partial charge on any atom is -0.467 e. The molecule has 39 heavy (non-hydrogen) atoms. The summed E-state index contributed by atoms with van der Waals surface area (Å²) in [4.78, 5) is 39.9. The van der Waals surface area contributed by atoms with E-state index >= 15 is 0 Å². The smallest absolute Gasteiger partial charge is 0.467 e. The number of halogens is 3. The zero-order chi connectivity index (χ0) is 28.3. The van der Waals surface area contributed by atoms with Crippen LogP contribution in [0.1, 0.15) is 17.5 Å². The Bertz CT molecular complexity index is 1270. The Morgan fingerprint density at radius 2 is 1.67 bits per heavy atom. The monoisotopic (exact) mass is 549 g/mol. The van der Waals surface area contributed by atoms with Crippen LogP contribution in [0.3, 0.4) is 0 Å². The first-order valence-corrected chi connectivity index (χ1v) is 11.9. The Kier molecular flexibility index (Phi) is 8.11. The van der Waals surface area contributed by atoms with Crippen molar-refractivity contribution < 1.29 is 47.2 Å². The normalized spacial score (nSPS) is 22.7. The average Bonchev–Trinajstić information content (AvgIpc) is 2.89. The molecule has 0 radical (unpaired) electrons. The van der Waals surface area contributed by atoms with Gasteiger partial charge in [-0.25, -0.2) is 9.59 Å². The number of aliphatic hydroxyl groups is 2. The Balaban J connectivity index is 1.48. The number of benzene rings is 2. The van der Waals surface area contributed by atoms with Gasteiger partial charge in [0.2, 0.25) is 0 Å². The molecule has 208 valence electrons. The number of methoxy groups -OCH3 is 1. The molecule has 0 spiro atoms. The summed E-state index contributed by atoms with van der Waals surface area (Å²) >= 11 is 0. The van der Waals surface area contributed by atoms with E-state index in [0.717, 1.165) is 23.3 Å². The van der Waals surface area contributed by atoms with Crippen molar-refractivity contribution in [2.45, 2.75) is 50.0 Å². The van der Waals surface area contributed by atoms with Crippen LogP contribution in [0.15, 0.2) is 60.2 Å². The highest BCUT2D eigenvalue weighted by molar-refractivity contribution is 5.97. The highest BCUT2D eigenvalue weighted by atomic mass is 19.4.